The van der Waals surface area contributed by atoms with Crippen molar-refractivity contribution in [3.05, 3.63) is 28.8 Å². The van der Waals surface area contributed by atoms with Gasteiger partial charge in [-0.3, -0.25) is 0 Å². The Kier molecular flexibility index (Phi) is 5.14. The topological polar surface area (TPSA) is 35.2 Å². The molecular weight excluding hydrogens is 209 g/mol. The second-order valence-electron chi connectivity index (χ2n) is 2.68. The minimum atomic E-state index is -0.0385. The first kappa shape index (κ1) is 12.6. The third kappa shape index (κ3) is 3.07. The Bertz CT molecular complexity index is 276. The van der Waals surface area contributed by atoms with Crippen molar-refractivity contribution >= 4 is 24.0 Å². The van der Waals surface area contributed by atoms with Gasteiger partial charge >= 0.3 is 0 Å². The number of benzene rings is 1. The Morgan fingerprint density at radius 1 is 1.46 bits per heavy atom. The van der Waals surface area contributed by atoms with Gasteiger partial charge in [-0.05, 0) is 24.6 Å². The zero-order valence-corrected chi connectivity index (χ0v) is 9.15. The molecule has 1 rings (SSSR count). The van der Waals surface area contributed by atoms with Crippen molar-refractivity contribution in [2.24, 2.45) is 5.73 Å². The Morgan fingerprint density at radius 2 is 2.08 bits per heavy atom. The molecule has 0 aromatic heterocycles. The van der Waals surface area contributed by atoms with E-state index in [0.29, 0.717) is 5.02 Å². The summed E-state index contributed by atoms with van der Waals surface area (Å²) in [4.78, 5) is 0. The van der Waals surface area contributed by atoms with Crippen LogP contribution in [0.2, 0.25) is 5.02 Å². The SMILES string of the molecule is COc1ccc([C@H](C)N)c(Cl)c1.Cl. The highest BCUT2D eigenvalue weighted by atomic mass is 35.5. The maximum absolute atomic E-state index is 5.94. The lowest BCUT2D eigenvalue weighted by molar-refractivity contribution is 0.414. The predicted molar refractivity (Wildman–Crippen MR) is 57.9 cm³/mol. The third-order valence-corrected chi connectivity index (χ3v) is 2.03. The normalized spacial score (nSPS) is 11.7. The van der Waals surface area contributed by atoms with E-state index < -0.39 is 0 Å². The molecule has 0 saturated heterocycles. The molecule has 0 aliphatic rings. The number of hydrogen-bond donors (Lipinski definition) is 1. The second kappa shape index (κ2) is 5.32. The van der Waals surface area contributed by atoms with Crippen LogP contribution in [-0.2, 0) is 0 Å². The summed E-state index contributed by atoms with van der Waals surface area (Å²) in [6.07, 6.45) is 0. The largest absolute Gasteiger partial charge is 0.497 e. The molecule has 0 aliphatic carbocycles. The van der Waals surface area contributed by atoms with E-state index >= 15 is 0 Å². The first-order chi connectivity index (χ1) is 5.65. The van der Waals surface area contributed by atoms with Gasteiger partial charge in [0.25, 0.3) is 0 Å². The molecule has 1 aromatic rings. The third-order valence-electron chi connectivity index (χ3n) is 1.70. The van der Waals surface area contributed by atoms with Crippen molar-refractivity contribution in [2.45, 2.75) is 13.0 Å². The van der Waals surface area contributed by atoms with E-state index in [4.69, 9.17) is 22.1 Å². The van der Waals surface area contributed by atoms with E-state index in [1.165, 1.54) is 0 Å². The zero-order chi connectivity index (χ0) is 9.14. The van der Waals surface area contributed by atoms with E-state index in [1.54, 1.807) is 13.2 Å². The lowest BCUT2D eigenvalue weighted by Crippen LogP contribution is -2.05. The van der Waals surface area contributed by atoms with Gasteiger partial charge in [0.2, 0.25) is 0 Å². The predicted octanol–water partition coefficient (Wildman–Crippen LogP) is 2.79. The number of nitrogens with two attached hydrogens (primary N) is 1. The lowest BCUT2D eigenvalue weighted by Gasteiger charge is -2.08. The van der Waals surface area contributed by atoms with E-state index in [9.17, 15) is 0 Å². The van der Waals surface area contributed by atoms with Crippen LogP contribution in [0.25, 0.3) is 0 Å². The van der Waals surface area contributed by atoms with Gasteiger partial charge in [0, 0.05) is 11.1 Å². The Hall–Kier alpha value is -0.440. The van der Waals surface area contributed by atoms with Gasteiger partial charge in [-0.15, -0.1) is 12.4 Å². The van der Waals surface area contributed by atoms with Crippen LogP contribution in [0.15, 0.2) is 18.2 Å². The molecule has 74 valence electrons. The summed E-state index contributed by atoms with van der Waals surface area (Å²) in [5.41, 5.74) is 6.62. The highest BCUT2D eigenvalue weighted by Crippen LogP contribution is 2.25. The molecule has 13 heavy (non-hydrogen) atoms. The van der Waals surface area contributed by atoms with Gasteiger partial charge in [-0.25, -0.2) is 0 Å². The fourth-order valence-electron chi connectivity index (χ4n) is 1.00. The molecule has 2 nitrogen and oxygen atoms in total. The minimum absolute atomic E-state index is 0. The summed E-state index contributed by atoms with van der Waals surface area (Å²) in [7, 11) is 1.61. The number of ether oxygens (including phenoxy) is 1. The van der Waals surface area contributed by atoms with E-state index in [2.05, 4.69) is 0 Å². The van der Waals surface area contributed by atoms with Crippen LogP contribution < -0.4 is 10.5 Å². The Balaban J connectivity index is 0.00000144. The highest BCUT2D eigenvalue weighted by molar-refractivity contribution is 6.31. The van der Waals surface area contributed by atoms with Crippen LogP contribution in [0.5, 0.6) is 5.75 Å². The molecule has 0 unspecified atom stereocenters. The quantitative estimate of drug-likeness (QED) is 0.834. The summed E-state index contributed by atoms with van der Waals surface area (Å²) >= 11 is 5.94. The highest BCUT2D eigenvalue weighted by Gasteiger charge is 2.05. The molecule has 0 bridgehead atoms. The van der Waals surface area contributed by atoms with E-state index in [-0.39, 0.29) is 18.4 Å². The molecule has 0 spiro atoms. The van der Waals surface area contributed by atoms with E-state index in [0.717, 1.165) is 11.3 Å². The number of hydrogen-bond acceptors (Lipinski definition) is 2. The second-order valence-corrected chi connectivity index (χ2v) is 3.08. The Labute approximate surface area is 89.4 Å². The summed E-state index contributed by atoms with van der Waals surface area (Å²) < 4.78 is 5.00. The van der Waals surface area contributed by atoms with Crippen molar-refractivity contribution in [3.8, 4) is 5.75 Å². The standard InChI is InChI=1S/C9H12ClNO.ClH/c1-6(11)8-4-3-7(12-2)5-9(8)10;/h3-6H,11H2,1-2H3;1H/t6-;/m0./s1. The fraction of sp³-hybridized carbons (Fsp3) is 0.333. The van der Waals surface area contributed by atoms with E-state index in [1.807, 2.05) is 19.1 Å². The van der Waals surface area contributed by atoms with Gasteiger partial charge in [0.05, 0.1) is 7.11 Å². The molecule has 0 heterocycles. The smallest absolute Gasteiger partial charge is 0.120 e. The molecule has 0 amide bonds. The van der Waals surface area contributed by atoms with Gasteiger partial charge in [-0.2, -0.15) is 0 Å². The molecule has 1 atom stereocenters. The van der Waals surface area contributed by atoms with Gasteiger partial charge in [-0.1, -0.05) is 17.7 Å². The van der Waals surface area contributed by atoms with Crippen molar-refractivity contribution in [1.29, 1.82) is 0 Å². The first-order valence-corrected chi connectivity index (χ1v) is 4.12. The molecule has 0 saturated carbocycles. The summed E-state index contributed by atoms with van der Waals surface area (Å²) in [5, 5.41) is 0.657. The molecule has 0 fully saturated rings. The molecule has 2 N–H and O–H groups in total. The minimum Gasteiger partial charge on any atom is -0.497 e. The Morgan fingerprint density at radius 3 is 2.46 bits per heavy atom. The summed E-state index contributed by atoms with van der Waals surface area (Å²) in [6.45, 7) is 1.90. The van der Waals surface area contributed by atoms with Gasteiger partial charge in [0.15, 0.2) is 0 Å². The van der Waals surface area contributed by atoms with Crippen LogP contribution in [0.3, 0.4) is 0 Å². The van der Waals surface area contributed by atoms with Crippen molar-refractivity contribution in [1.82, 2.24) is 0 Å². The number of rotatable bonds is 2. The lowest BCUT2D eigenvalue weighted by atomic mass is 10.1. The van der Waals surface area contributed by atoms with Crippen molar-refractivity contribution in [3.63, 3.8) is 0 Å². The van der Waals surface area contributed by atoms with Gasteiger partial charge < -0.3 is 10.5 Å². The number of methoxy groups -OCH3 is 1. The molecule has 0 aliphatic heterocycles. The molecule has 4 heteroatoms. The summed E-state index contributed by atoms with van der Waals surface area (Å²) in [5.74, 6) is 0.754. The van der Waals surface area contributed by atoms with Crippen LogP contribution in [0, 0.1) is 0 Å². The summed E-state index contributed by atoms with van der Waals surface area (Å²) in [6, 6.07) is 5.46. The molecule has 0 radical (unpaired) electrons. The van der Waals surface area contributed by atoms with Gasteiger partial charge in [0.1, 0.15) is 5.75 Å². The van der Waals surface area contributed by atoms with Crippen molar-refractivity contribution in [2.75, 3.05) is 7.11 Å². The average molecular weight is 222 g/mol. The monoisotopic (exact) mass is 221 g/mol. The fourth-order valence-corrected chi connectivity index (χ4v) is 1.35. The first-order valence-electron chi connectivity index (χ1n) is 3.74. The van der Waals surface area contributed by atoms with Crippen molar-refractivity contribution < 1.29 is 4.74 Å². The number of halogens is 2. The molecule has 1 aromatic carbocycles. The van der Waals surface area contributed by atoms with Crippen LogP contribution >= 0.6 is 24.0 Å². The molecular formula is C9H13Cl2NO. The zero-order valence-electron chi connectivity index (χ0n) is 7.58. The van der Waals surface area contributed by atoms with Crippen LogP contribution in [-0.4, -0.2) is 7.11 Å². The maximum atomic E-state index is 5.94. The van der Waals surface area contributed by atoms with Crippen LogP contribution in [0.1, 0.15) is 18.5 Å². The van der Waals surface area contributed by atoms with Crippen LogP contribution in [0.4, 0.5) is 0 Å². The maximum Gasteiger partial charge on any atom is 0.120 e. The average Bonchev–Trinajstić information content (AvgIpc) is 2.03.